The molecular formula is C27H30F4N6O2. The Morgan fingerprint density at radius 2 is 2.00 bits per heavy atom. The average Bonchev–Trinajstić information content (AvgIpc) is 3.06. The highest BCUT2D eigenvalue weighted by Gasteiger charge is 2.39. The van der Waals surface area contributed by atoms with Crippen molar-refractivity contribution in [2.75, 3.05) is 18.6 Å². The maximum absolute atomic E-state index is 14.5. The largest absolute Gasteiger partial charge is 0.496 e. The van der Waals surface area contributed by atoms with Gasteiger partial charge in [0.2, 0.25) is 0 Å². The van der Waals surface area contributed by atoms with E-state index in [4.69, 9.17) is 10.6 Å². The zero-order chi connectivity index (χ0) is 28.5. The Morgan fingerprint density at radius 1 is 1.26 bits per heavy atom. The summed E-state index contributed by atoms with van der Waals surface area (Å²) in [6.45, 7) is 2.39. The highest BCUT2D eigenvalue weighted by Crippen LogP contribution is 2.36. The van der Waals surface area contributed by atoms with Gasteiger partial charge >= 0.3 is 6.18 Å². The summed E-state index contributed by atoms with van der Waals surface area (Å²) >= 11 is 0. The van der Waals surface area contributed by atoms with E-state index < -0.39 is 30.8 Å². The van der Waals surface area contributed by atoms with Gasteiger partial charge < -0.3 is 20.6 Å². The summed E-state index contributed by atoms with van der Waals surface area (Å²) < 4.78 is 62.1. The van der Waals surface area contributed by atoms with E-state index in [1.807, 2.05) is 27.0 Å². The topological polar surface area (TPSA) is 101 Å². The first-order valence-electron chi connectivity index (χ1n) is 12.2. The SMILES string of the molecule is COc1cc(C(C=NC2CCc3c(F)cccc3N(CC(F)(F)F)C2O)=NN)ccc1-c1c(C)nn(C)c1C. The van der Waals surface area contributed by atoms with Gasteiger partial charge in [-0.25, -0.2) is 4.39 Å². The lowest BCUT2D eigenvalue weighted by molar-refractivity contribution is -0.124. The number of hydrogen-bond donors (Lipinski definition) is 2. The number of aryl methyl sites for hydroxylation is 2. The third-order valence-corrected chi connectivity index (χ3v) is 6.91. The zero-order valence-electron chi connectivity index (χ0n) is 22.0. The van der Waals surface area contributed by atoms with Gasteiger partial charge in [0.05, 0.1) is 18.8 Å². The van der Waals surface area contributed by atoms with Crippen molar-refractivity contribution in [3.63, 3.8) is 0 Å². The molecule has 2 atom stereocenters. The third kappa shape index (κ3) is 5.75. The molecule has 2 unspecified atom stereocenters. The van der Waals surface area contributed by atoms with Gasteiger partial charge in [0.1, 0.15) is 30.1 Å². The number of hydrazone groups is 1. The highest BCUT2D eigenvalue weighted by molar-refractivity contribution is 6.38. The molecule has 12 heteroatoms. The molecule has 0 saturated heterocycles. The van der Waals surface area contributed by atoms with Gasteiger partial charge in [0, 0.05) is 46.9 Å². The number of fused-ring (bicyclic) bond motifs is 1. The number of benzene rings is 2. The van der Waals surface area contributed by atoms with Crippen LogP contribution in [0.15, 0.2) is 46.5 Å². The van der Waals surface area contributed by atoms with Crippen molar-refractivity contribution < 1.29 is 27.4 Å². The predicted octanol–water partition coefficient (Wildman–Crippen LogP) is 4.29. The number of aliphatic imine (C=N–C) groups is 1. The molecule has 0 amide bonds. The van der Waals surface area contributed by atoms with Crippen LogP contribution in [0.5, 0.6) is 5.75 Å². The summed E-state index contributed by atoms with van der Waals surface area (Å²) in [4.78, 5) is 5.10. The number of nitrogens with two attached hydrogens (primary N) is 1. The molecule has 0 fully saturated rings. The molecule has 1 aliphatic rings. The Balaban J connectivity index is 1.65. The second kappa shape index (κ2) is 11.0. The molecule has 1 aromatic heterocycles. The van der Waals surface area contributed by atoms with E-state index in [1.54, 1.807) is 16.8 Å². The Bertz CT molecular complexity index is 1420. The molecule has 0 radical (unpaired) electrons. The first kappa shape index (κ1) is 28.1. The molecule has 0 spiro atoms. The number of methoxy groups -OCH3 is 1. The maximum atomic E-state index is 14.5. The van der Waals surface area contributed by atoms with Gasteiger partial charge in [-0.1, -0.05) is 12.1 Å². The monoisotopic (exact) mass is 546 g/mol. The number of hydrogen-bond acceptors (Lipinski definition) is 7. The fourth-order valence-electron chi connectivity index (χ4n) is 4.95. The normalized spacial score (nSPS) is 18.4. The van der Waals surface area contributed by atoms with E-state index in [2.05, 4.69) is 15.2 Å². The molecule has 208 valence electrons. The van der Waals surface area contributed by atoms with Crippen molar-refractivity contribution in [1.29, 1.82) is 0 Å². The van der Waals surface area contributed by atoms with Crippen LogP contribution in [0.2, 0.25) is 0 Å². The quantitative estimate of drug-likeness (QED) is 0.208. The third-order valence-electron chi connectivity index (χ3n) is 6.91. The summed E-state index contributed by atoms with van der Waals surface area (Å²) in [5, 5.41) is 19.2. The first-order valence-corrected chi connectivity index (χ1v) is 12.2. The number of ether oxygens (including phenoxy) is 1. The van der Waals surface area contributed by atoms with Gasteiger partial charge in [0.25, 0.3) is 0 Å². The van der Waals surface area contributed by atoms with Crippen LogP contribution in [-0.2, 0) is 13.5 Å². The standard InChI is InChI=1S/C27H30F4N6O2/c1-15-25(16(2)36(3)35-15)19-9-8-17(12-24(19)39-4)22(34-32)13-33-21-11-10-18-20(28)6-5-7-23(18)37(26(21)38)14-27(29,30)31/h5-9,12-13,21,26,38H,10-11,14,32H2,1-4H3. The number of aliphatic hydroxyl groups is 1. The lowest BCUT2D eigenvalue weighted by Crippen LogP contribution is -2.47. The van der Waals surface area contributed by atoms with Crippen LogP contribution in [0, 0.1) is 19.7 Å². The molecule has 0 bridgehead atoms. The van der Waals surface area contributed by atoms with E-state index >= 15 is 0 Å². The summed E-state index contributed by atoms with van der Waals surface area (Å²) in [6.07, 6.45) is -4.77. The van der Waals surface area contributed by atoms with Gasteiger partial charge in [-0.2, -0.15) is 23.4 Å². The van der Waals surface area contributed by atoms with Crippen molar-refractivity contribution in [1.82, 2.24) is 9.78 Å². The van der Waals surface area contributed by atoms with Crippen LogP contribution in [0.1, 0.15) is 28.9 Å². The van der Waals surface area contributed by atoms with Crippen molar-refractivity contribution in [3.05, 3.63) is 64.7 Å². The maximum Gasteiger partial charge on any atom is 0.406 e. The van der Waals surface area contributed by atoms with Crippen LogP contribution >= 0.6 is 0 Å². The highest BCUT2D eigenvalue weighted by atomic mass is 19.4. The van der Waals surface area contributed by atoms with E-state index in [-0.39, 0.29) is 29.8 Å². The van der Waals surface area contributed by atoms with E-state index in [9.17, 15) is 22.7 Å². The number of nitrogens with zero attached hydrogens (tertiary/aromatic N) is 5. The molecular weight excluding hydrogens is 516 g/mol. The Labute approximate surface area is 223 Å². The summed E-state index contributed by atoms with van der Waals surface area (Å²) in [6, 6.07) is 8.21. The van der Waals surface area contributed by atoms with Crippen LogP contribution in [-0.4, -0.2) is 58.9 Å². The van der Waals surface area contributed by atoms with Crippen LogP contribution in [0.25, 0.3) is 11.1 Å². The number of halogens is 4. The van der Waals surface area contributed by atoms with Crippen molar-refractivity contribution in [2.45, 2.75) is 45.1 Å². The number of alkyl halides is 3. The first-order chi connectivity index (χ1) is 18.4. The Morgan fingerprint density at radius 3 is 2.62 bits per heavy atom. The van der Waals surface area contributed by atoms with Crippen LogP contribution in [0.3, 0.4) is 0 Å². The molecule has 39 heavy (non-hydrogen) atoms. The Kier molecular flexibility index (Phi) is 7.96. The smallest absolute Gasteiger partial charge is 0.406 e. The molecule has 1 aliphatic heterocycles. The fraction of sp³-hybridized carbons (Fsp3) is 0.370. The van der Waals surface area contributed by atoms with E-state index in [1.165, 1.54) is 31.5 Å². The van der Waals surface area contributed by atoms with Gasteiger partial charge in [-0.3, -0.25) is 9.67 Å². The van der Waals surface area contributed by atoms with Gasteiger partial charge in [0.15, 0.2) is 0 Å². The van der Waals surface area contributed by atoms with Crippen LogP contribution in [0.4, 0.5) is 23.2 Å². The molecule has 4 rings (SSSR count). The minimum atomic E-state index is -4.63. The average molecular weight is 547 g/mol. The second-order valence-corrected chi connectivity index (χ2v) is 9.38. The summed E-state index contributed by atoms with van der Waals surface area (Å²) in [5.41, 5.74) is 4.40. The molecule has 3 N–H and O–H groups in total. The number of anilines is 1. The van der Waals surface area contributed by atoms with Gasteiger partial charge in [-0.05, 0) is 51.0 Å². The fourth-order valence-corrected chi connectivity index (χ4v) is 4.95. The van der Waals surface area contributed by atoms with E-state index in [0.717, 1.165) is 27.4 Å². The zero-order valence-corrected chi connectivity index (χ0v) is 22.0. The molecule has 2 aromatic carbocycles. The van der Waals surface area contributed by atoms with Crippen molar-refractivity contribution in [2.24, 2.45) is 23.0 Å². The molecule has 2 heterocycles. The minimum absolute atomic E-state index is 0.00782. The van der Waals surface area contributed by atoms with E-state index in [0.29, 0.717) is 11.3 Å². The molecule has 3 aromatic rings. The Hall–Kier alpha value is -3.93. The second-order valence-electron chi connectivity index (χ2n) is 9.38. The molecule has 0 aliphatic carbocycles. The summed E-state index contributed by atoms with van der Waals surface area (Å²) in [7, 11) is 3.39. The number of rotatable bonds is 6. The van der Waals surface area contributed by atoms with Crippen molar-refractivity contribution in [3.8, 4) is 16.9 Å². The molecule has 8 nitrogen and oxygen atoms in total. The van der Waals surface area contributed by atoms with Crippen molar-refractivity contribution >= 4 is 17.6 Å². The number of aliphatic hydroxyl groups excluding tert-OH is 1. The number of aromatic nitrogens is 2. The lowest BCUT2D eigenvalue weighted by atomic mass is 9.99. The minimum Gasteiger partial charge on any atom is -0.496 e. The molecule has 0 saturated carbocycles. The summed E-state index contributed by atoms with van der Waals surface area (Å²) in [5.74, 6) is 5.56. The van der Waals surface area contributed by atoms with Crippen LogP contribution < -0.4 is 15.5 Å². The van der Waals surface area contributed by atoms with Gasteiger partial charge in [-0.15, -0.1) is 0 Å². The predicted molar refractivity (Wildman–Crippen MR) is 142 cm³/mol. The lowest BCUT2D eigenvalue weighted by Gasteiger charge is -2.32.